The molecule has 7 heteroatoms. The molecule has 0 atom stereocenters. The summed E-state index contributed by atoms with van der Waals surface area (Å²) in [5.74, 6) is 0.554. The molecule has 35 heavy (non-hydrogen) atoms. The van der Waals surface area contributed by atoms with E-state index in [1.165, 1.54) is 11.1 Å². The van der Waals surface area contributed by atoms with E-state index in [-0.39, 0.29) is 12.2 Å². The number of hydrogen-bond acceptors (Lipinski definition) is 5. The Hall–Kier alpha value is -2.87. The number of piperidine rings is 1. The third kappa shape index (κ3) is 7.82. The molecule has 6 nitrogen and oxygen atoms in total. The highest BCUT2D eigenvalue weighted by molar-refractivity contribution is 7.92. The first-order valence-corrected chi connectivity index (χ1v) is 14.0. The van der Waals surface area contributed by atoms with Crippen LogP contribution in [0.25, 0.3) is 0 Å². The summed E-state index contributed by atoms with van der Waals surface area (Å²) in [6.45, 7) is 3.46. The first kappa shape index (κ1) is 25.2. The van der Waals surface area contributed by atoms with E-state index in [0.717, 1.165) is 45.2 Å². The number of nitrogens with one attached hydrogen (secondary N) is 1. The van der Waals surface area contributed by atoms with E-state index in [0.29, 0.717) is 18.0 Å². The molecule has 1 N–H and O–H groups in total. The molecule has 0 unspecified atom stereocenters. The molecule has 0 bridgehead atoms. The van der Waals surface area contributed by atoms with Crippen LogP contribution in [-0.2, 0) is 14.8 Å². The van der Waals surface area contributed by atoms with Crippen LogP contribution in [0.1, 0.15) is 36.5 Å². The van der Waals surface area contributed by atoms with Crippen LogP contribution in [0, 0.1) is 0 Å². The number of para-hydroxylation sites is 2. The number of rotatable bonds is 11. The second-order valence-electron chi connectivity index (χ2n) is 8.95. The van der Waals surface area contributed by atoms with Gasteiger partial charge in [-0.05, 0) is 42.5 Å². The van der Waals surface area contributed by atoms with Gasteiger partial charge in [-0.25, -0.2) is 8.42 Å². The van der Waals surface area contributed by atoms with Crippen molar-refractivity contribution in [3.63, 3.8) is 0 Å². The monoisotopic (exact) mass is 494 g/mol. The lowest BCUT2D eigenvalue weighted by Crippen LogP contribution is -2.38. The molecule has 0 aromatic heterocycles. The van der Waals surface area contributed by atoms with E-state index in [1.54, 1.807) is 18.2 Å². The molecule has 1 heterocycles. The maximum atomic E-state index is 11.6. The first-order chi connectivity index (χ1) is 17.0. The topological polar surface area (TPSA) is 67.9 Å². The van der Waals surface area contributed by atoms with Gasteiger partial charge in [0.25, 0.3) is 0 Å². The third-order valence-electron chi connectivity index (χ3n) is 6.13. The summed E-state index contributed by atoms with van der Waals surface area (Å²) in [7, 11) is -3.35. The molecular weight excluding hydrogens is 460 g/mol. The molecule has 0 aliphatic carbocycles. The van der Waals surface area contributed by atoms with Gasteiger partial charge in [-0.15, -0.1) is 0 Å². The molecule has 1 fully saturated rings. The zero-order chi connectivity index (χ0) is 24.5. The van der Waals surface area contributed by atoms with E-state index in [4.69, 9.17) is 9.47 Å². The van der Waals surface area contributed by atoms with Crippen molar-refractivity contribution in [1.29, 1.82) is 0 Å². The van der Waals surface area contributed by atoms with E-state index in [9.17, 15) is 8.42 Å². The lowest BCUT2D eigenvalue weighted by molar-refractivity contribution is -0.0273. The molecule has 0 amide bonds. The molecule has 4 rings (SSSR count). The van der Waals surface area contributed by atoms with Crippen LogP contribution in [-0.4, -0.2) is 51.9 Å². The van der Waals surface area contributed by atoms with Gasteiger partial charge in [0.1, 0.15) is 11.9 Å². The summed E-state index contributed by atoms with van der Waals surface area (Å²) in [5, 5.41) is 0. The van der Waals surface area contributed by atoms with Crippen LogP contribution < -0.4 is 9.46 Å². The van der Waals surface area contributed by atoms with E-state index in [2.05, 4.69) is 58.2 Å². The number of likely N-dealkylation sites (tertiary alicyclic amines) is 1. The lowest BCUT2D eigenvalue weighted by Gasteiger charge is -2.34. The smallest absolute Gasteiger partial charge is 0.229 e. The van der Waals surface area contributed by atoms with Gasteiger partial charge in [0.15, 0.2) is 0 Å². The predicted molar refractivity (Wildman–Crippen MR) is 140 cm³/mol. The molecular formula is C28H34N2O4S. The van der Waals surface area contributed by atoms with Crippen molar-refractivity contribution < 1.29 is 17.9 Å². The van der Waals surface area contributed by atoms with Crippen molar-refractivity contribution in [2.24, 2.45) is 0 Å². The van der Waals surface area contributed by atoms with Crippen molar-refractivity contribution in [1.82, 2.24) is 4.90 Å². The highest BCUT2D eigenvalue weighted by Crippen LogP contribution is 2.30. The van der Waals surface area contributed by atoms with Crippen LogP contribution in [0.4, 0.5) is 5.69 Å². The summed E-state index contributed by atoms with van der Waals surface area (Å²) >= 11 is 0. The van der Waals surface area contributed by atoms with Crippen LogP contribution in [0.5, 0.6) is 5.75 Å². The highest BCUT2D eigenvalue weighted by Gasteiger charge is 2.24. The summed E-state index contributed by atoms with van der Waals surface area (Å²) < 4.78 is 38.1. The molecule has 1 saturated heterocycles. The van der Waals surface area contributed by atoms with Crippen LogP contribution in [0.3, 0.4) is 0 Å². The van der Waals surface area contributed by atoms with Crippen molar-refractivity contribution in [2.75, 3.05) is 37.2 Å². The van der Waals surface area contributed by atoms with Gasteiger partial charge in [0.2, 0.25) is 10.0 Å². The Morgan fingerprint density at radius 2 is 1.46 bits per heavy atom. The summed E-state index contributed by atoms with van der Waals surface area (Å²) in [4.78, 5) is 2.45. The van der Waals surface area contributed by atoms with E-state index < -0.39 is 10.0 Å². The van der Waals surface area contributed by atoms with Crippen LogP contribution >= 0.6 is 0 Å². The zero-order valence-corrected chi connectivity index (χ0v) is 21.0. The summed E-state index contributed by atoms with van der Waals surface area (Å²) in [6, 6.07) is 28.0. The van der Waals surface area contributed by atoms with Crippen molar-refractivity contribution >= 4 is 15.7 Å². The minimum absolute atomic E-state index is 0.0528. The molecule has 1 aliphatic rings. The fraction of sp³-hybridized carbons (Fsp3) is 0.357. The minimum atomic E-state index is -3.35. The highest BCUT2D eigenvalue weighted by atomic mass is 32.2. The quantitative estimate of drug-likeness (QED) is 0.376. The maximum absolute atomic E-state index is 11.6. The molecule has 0 spiro atoms. The van der Waals surface area contributed by atoms with Gasteiger partial charge in [0, 0.05) is 19.6 Å². The van der Waals surface area contributed by atoms with Gasteiger partial charge in [-0.1, -0.05) is 72.8 Å². The van der Waals surface area contributed by atoms with Gasteiger partial charge in [-0.2, -0.15) is 0 Å². The third-order valence-corrected chi connectivity index (χ3v) is 6.72. The first-order valence-electron chi connectivity index (χ1n) is 12.2. The number of nitrogens with zero attached hydrogens (tertiary/aromatic N) is 1. The molecule has 186 valence electrons. The Kier molecular flexibility index (Phi) is 8.79. The number of sulfonamides is 1. The molecule has 3 aromatic carbocycles. The molecule has 0 saturated carbocycles. The Morgan fingerprint density at radius 3 is 2.06 bits per heavy atom. The average molecular weight is 495 g/mol. The fourth-order valence-corrected chi connectivity index (χ4v) is 4.98. The Balaban J connectivity index is 1.24. The number of ether oxygens (including phenoxy) is 2. The second kappa shape index (κ2) is 12.2. The Labute approximate surface area is 208 Å². The second-order valence-corrected chi connectivity index (χ2v) is 10.7. The van der Waals surface area contributed by atoms with Gasteiger partial charge in [0.05, 0.1) is 24.7 Å². The van der Waals surface area contributed by atoms with Gasteiger partial charge >= 0.3 is 0 Å². The van der Waals surface area contributed by atoms with Crippen LogP contribution in [0.15, 0.2) is 84.9 Å². The Morgan fingerprint density at radius 1 is 0.886 bits per heavy atom. The average Bonchev–Trinajstić information content (AvgIpc) is 2.87. The van der Waals surface area contributed by atoms with E-state index in [1.807, 2.05) is 18.2 Å². The Bertz CT molecular complexity index is 1110. The normalized spacial score (nSPS) is 15.3. The van der Waals surface area contributed by atoms with E-state index >= 15 is 0 Å². The largest absolute Gasteiger partial charge is 0.491 e. The SMILES string of the molecule is CS(=O)(=O)Nc1ccccc1OCCCN1CCC(OC(c2ccccc2)c2ccccc2)CC1. The van der Waals surface area contributed by atoms with Crippen molar-refractivity contribution in [3.05, 3.63) is 96.1 Å². The van der Waals surface area contributed by atoms with Crippen molar-refractivity contribution in [3.8, 4) is 5.75 Å². The lowest BCUT2D eigenvalue weighted by atomic mass is 10.00. The zero-order valence-electron chi connectivity index (χ0n) is 20.2. The van der Waals surface area contributed by atoms with Gasteiger partial charge in [-0.3, -0.25) is 4.72 Å². The maximum Gasteiger partial charge on any atom is 0.229 e. The standard InChI is InChI=1S/C28H34N2O4S/c1-35(31,32)29-26-15-8-9-16-27(26)33-22-10-19-30-20-17-25(18-21-30)34-28(23-11-4-2-5-12-23)24-13-6-3-7-14-24/h2-9,11-16,25,28-29H,10,17-22H2,1H3. The number of hydrogen-bond donors (Lipinski definition) is 1. The predicted octanol–water partition coefficient (Wildman–Crippen LogP) is 5.10. The summed E-state index contributed by atoms with van der Waals surface area (Å²) in [6.07, 6.45) is 4.18. The number of benzene rings is 3. The molecule has 3 aromatic rings. The summed E-state index contributed by atoms with van der Waals surface area (Å²) in [5.41, 5.74) is 2.84. The molecule has 0 radical (unpaired) electrons. The minimum Gasteiger partial charge on any atom is -0.491 e. The van der Waals surface area contributed by atoms with Crippen molar-refractivity contribution in [2.45, 2.75) is 31.5 Å². The van der Waals surface area contributed by atoms with Crippen LogP contribution in [0.2, 0.25) is 0 Å². The number of anilines is 1. The fourth-order valence-electron chi connectivity index (χ4n) is 4.41. The van der Waals surface area contributed by atoms with Gasteiger partial charge < -0.3 is 14.4 Å². The molecule has 1 aliphatic heterocycles.